The predicted octanol–water partition coefficient (Wildman–Crippen LogP) is 3.43. The Morgan fingerprint density at radius 1 is 1.47 bits per heavy atom. The molecule has 19 heavy (non-hydrogen) atoms. The number of hydrogen-bond donors (Lipinski definition) is 1. The minimum atomic E-state index is -0.504. The van der Waals surface area contributed by atoms with Crippen molar-refractivity contribution < 1.29 is 9.18 Å². The summed E-state index contributed by atoms with van der Waals surface area (Å²) in [5.74, 6) is -0.561. The Bertz CT molecular complexity index is 559. The van der Waals surface area contributed by atoms with Crippen molar-refractivity contribution in [1.82, 2.24) is 0 Å². The second-order valence-electron chi connectivity index (χ2n) is 5.96. The molecule has 1 amide bonds. The predicted molar refractivity (Wildman–Crippen MR) is 74.2 cm³/mol. The van der Waals surface area contributed by atoms with Crippen molar-refractivity contribution >= 4 is 28.9 Å². The average Bonchev–Trinajstić information content (AvgIpc) is 2.31. The molecule has 1 unspecified atom stereocenters. The first-order chi connectivity index (χ1) is 8.90. The van der Waals surface area contributed by atoms with Crippen LogP contribution in [-0.2, 0) is 4.79 Å². The van der Waals surface area contributed by atoms with Crippen molar-refractivity contribution in [1.29, 1.82) is 0 Å². The maximum atomic E-state index is 13.5. The Balaban J connectivity index is 2.12. The highest BCUT2D eigenvalue weighted by Gasteiger charge is 2.45. The molecule has 0 saturated carbocycles. The molecule has 0 aromatic heterocycles. The van der Waals surface area contributed by atoms with Crippen molar-refractivity contribution in [3.8, 4) is 0 Å². The van der Waals surface area contributed by atoms with E-state index in [2.05, 4.69) is 24.1 Å². The molecule has 3 nitrogen and oxygen atoms in total. The van der Waals surface area contributed by atoms with Crippen LogP contribution in [-0.4, -0.2) is 18.5 Å². The molecule has 1 N–H and O–H groups in total. The van der Waals surface area contributed by atoms with E-state index in [1.807, 2.05) is 0 Å². The van der Waals surface area contributed by atoms with Gasteiger partial charge in [0.25, 0.3) is 0 Å². The van der Waals surface area contributed by atoms with Gasteiger partial charge in [-0.15, -0.1) is 0 Å². The molecular formula is C14H16ClFN2O. The third kappa shape index (κ3) is 1.89. The lowest BCUT2D eigenvalue weighted by Gasteiger charge is -2.49. The molecule has 1 aromatic carbocycles. The second kappa shape index (κ2) is 4.10. The first kappa shape index (κ1) is 12.7. The summed E-state index contributed by atoms with van der Waals surface area (Å²) in [5.41, 5.74) is 1.24. The molecule has 102 valence electrons. The summed E-state index contributed by atoms with van der Waals surface area (Å²) in [6, 6.07) is 2.70. The third-order valence-corrected chi connectivity index (χ3v) is 4.42. The lowest BCUT2D eigenvalue weighted by atomic mass is 9.75. The molecule has 5 heteroatoms. The Hall–Kier alpha value is -1.29. The number of carbonyl (C=O) groups excluding carboxylic acids is 1. The van der Waals surface area contributed by atoms with Gasteiger partial charge < -0.3 is 10.2 Å². The van der Waals surface area contributed by atoms with Crippen molar-refractivity contribution in [3.05, 3.63) is 23.0 Å². The van der Waals surface area contributed by atoms with Crippen LogP contribution in [0.2, 0.25) is 5.02 Å². The van der Waals surface area contributed by atoms with E-state index in [4.69, 9.17) is 11.6 Å². The number of carbonyl (C=O) groups is 1. The Labute approximate surface area is 116 Å². The topological polar surface area (TPSA) is 32.3 Å². The van der Waals surface area contributed by atoms with E-state index in [1.54, 1.807) is 6.07 Å². The van der Waals surface area contributed by atoms with Crippen LogP contribution in [0.5, 0.6) is 0 Å². The summed E-state index contributed by atoms with van der Waals surface area (Å²) in [6.07, 6.45) is 2.02. The number of anilines is 2. The van der Waals surface area contributed by atoms with Gasteiger partial charge in [-0.1, -0.05) is 25.4 Å². The summed E-state index contributed by atoms with van der Waals surface area (Å²) in [6.45, 7) is 5.00. The number of nitrogens with zero attached hydrogens (tertiary/aromatic N) is 1. The summed E-state index contributed by atoms with van der Waals surface area (Å²) in [4.78, 5) is 14.4. The maximum Gasteiger partial charge on any atom is 0.247 e. The number of rotatable bonds is 0. The Morgan fingerprint density at radius 3 is 2.95 bits per heavy atom. The first-order valence-electron chi connectivity index (χ1n) is 6.47. The standard InChI is InChI=1S/C14H16ClFN2O/c1-14(2)4-3-5-18-11-6-8(15)9(16)7-10(11)17-13(19)12(14)18/h6-7,12H,3-5H2,1-2H3,(H,17,19). The normalized spacial score (nSPS) is 24.5. The van der Waals surface area contributed by atoms with Crippen LogP contribution in [0.1, 0.15) is 26.7 Å². The largest absolute Gasteiger partial charge is 0.357 e. The first-order valence-corrected chi connectivity index (χ1v) is 6.84. The van der Waals surface area contributed by atoms with E-state index in [1.165, 1.54) is 6.07 Å². The van der Waals surface area contributed by atoms with E-state index >= 15 is 0 Å². The zero-order valence-corrected chi connectivity index (χ0v) is 11.7. The van der Waals surface area contributed by atoms with Gasteiger partial charge in [0.1, 0.15) is 11.9 Å². The van der Waals surface area contributed by atoms with Crippen molar-refractivity contribution in [2.75, 3.05) is 16.8 Å². The van der Waals surface area contributed by atoms with Crippen LogP contribution in [0.4, 0.5) is 15.8 Å². The smallest absolute Gasteiger partial charge is 0.247 e. The minimum absolute atomic E-state index is 0.0566. The fourth-order valence-electron chi connectivity index (χ4n) is 3.22. The Kier molecular flexibility index (Phi) is 2.75. The molecule has 0 radical (unpaired) electrons. The van der Waals surface area contributed by atoms with E-state index in [-0.39, 0.29) is 22.4 Å². The molecule has 0 spiro atoms. The molecule has 2 aliphatic heterocycles. The lowest BCUT2D eigenvalue weighted by molar-refractivity contribution is -0.120. The monoisotopic (exact) mass is 282 g/mol. The number of halogens is 2. The van der Waals surface area contributed by atoms with Crippen LogP contribution in [0.25, 0.3) is 0 Å². The fraction of sp³-hybridized carbons (Fsp3) is 0.500. The van der Waals surface area contributed by atoms with Gasteiger partial charge in [0.2, 0.25) is 5.91 Å². The van der Waals surface area contributed by atoms with Gasteiger partial charge in [-0.05, 0) is 24.3 Å². The molecule has 1 saturated heterocycles. The van der Waals surface area contributed by atoms with Gasteiger partial charge in [-0.3, -0.25) is 4.79 Å². The highest BCUT2D eigenvalue weighted by Crippen LogP contribution is 2.44. The molecule has 1 aromatic rings. The van der Waals surface area contributed by atoms with Gasteiger partial charge in [-0.2, -0.15) is 0 Å². The number of nitrogens with one attached hydrogen (secondary N) is 1. The molecule has 2 aliphatic rings. The molecule has 1 atom stereocenters. The molecular weight excluding hydrogens is 267 g/mol. The summed E-state index contributed by atoms with van der Waals surface area (Å²) < 4.78 is 13.5. The fourth-order valence-corrected chi connectivity index (χ4v) is 3.38. The highest BCUT2D eigenvalue weighted by molar-refractivity contribution is 6.31. The van der Waals surface area contributed by atoms with Crippen LogP contribution < -0.4 is 10.2 Å². The third-order valence-electron chi connectivity index (χ3n) is 4.13. The zero-order valence-electron chi connectivity index (χ0n) is 11.0. The van der Waals surface area contributed by atoms with Gasteiger partial charge in [-0.25, -0.2) is 4.39 Å². The summed E-state index contributed by atoms with van der Waals surface area (Å²) in [5, 5.41) is 2.90. The molecule has 0 aliphatic carbocycles. The van der Waals surface area contributed by atoms with E-state index in [0.717, 1.165) is 25.1 Å². The van der Waals surface area contributed by atoms with Gasteiger partial charge >= 0.3 is 0 Å². The minimum Gasteiger partial charge on any atom is -0.357 e. The lowest BCUT2D eigenvalue weighted by Crippen LogP contribution is -2.58. The molecule has 1 fully saturated rings. The van der Waals surface area contributed by atoms with Crippen LogP contribution in [0.15, 0.2) is 12.1 Å². The van der Waals surface area contributed by atoms with Crippen molar-refractivity contribution in [2.24, 2.45) is 5.41 Å². The van der Waals surface area contributed by atoms with E-state index in [9.17, 15) is 9.18 Å². The quantitative estimate of drug-likeness (QED) is 0.791. The highest BCUT2D eigenvalue weighted by atomic mass is 35.5. The molecule has 3 rings (SSSR count). The van der Waals surface area contributed by atoms with Crippen molar-refractivity contribution in [3.63, 3.8) is 0 Å². The van der Waals surface area contributed by atoms with Crippen LogP contribution >= 0.6 is 11.6 Å². The second-order valence-corrected chi connectivity index (χ2v) is 6.37. The number of amides is 1. The van der Waals surface area contributed by atoms with Gasteiger partial charge in [0.15, 0.2) is 0 Å². The number of benzene rings is 1. The number of piperidine rings is 1. The Morgan fingerprint density at radius 2 is 2.21 bits per heavy atom. The van der Waals surface area contributed by atoms with E-state index in [0.29, 0.717) is 5.69 Å². The van der Waals surface area contributed by atoms with Crippen molar-refractivity contribution in [2.45, 2.75) is 32.7 Å². The number of fused-ring (bicyclic) bond motifs is 3. The van der Waals surface area contributed by atoms with Crippen LogP contribution in [0.3, 0.4) is 0 Å². The maximum absolute atomic E-state index is 13.5. The van der Waals surface area contributed by atoms with Gasteiger partial charge in [0, 0.05) is 12.6 Å². The summed E-state index contributed by atoms with van der Waals surface area (Å²) >= 11 is 5.87. The zero-order chi connectivity index (χ0) is 13.8. The van der Waals surface area contributed by atoms with Gasteiger partial charge in [0.05, 0.1) is 16.4 Å². The van der Waals surface area contributed by atoms with E-state index < -0.39 is 5.82 Å². The molecule has 0 bridgehead atoms. The average molecular weight is 283 g/mol. The number of hydrogen-bond acceptors (Lipinski definition) is 2. The molecule has 2 heterocycles. The van der Waals surface area contributed by atoms with Crippen LogP contribution in [0, 0.1) is 11.2 Å². The summed E-state index contributed by atoms with van der Waals surface area (Å²) in [7, 11) is 0. The SMILES string of the molecule is CC1(C)CCCN2c3cc(Cl)c(F)cc3NC(=O)C21.